The summed E-state index contributed by atoms with van der Waals surface area (Å²) in [6.45, 7) is 21.8. The van der Waals surface area contributed by atoms with Gasteiger partial charge in [-0.3, -0.25) is 4.90 Å². The van der Waals surface area contributed by atoms with Gasteiger partial charge in [0.05, 0.1) is 39.8 Å². The molecule has 8 aromatic carbocycles. The zero-order valence-electron chi connectivity index (χ0n) is 59.5. The van der Waals surface area contributed by atoms with Crippen molar-refractivity contribution in [3.8, 4) is 0 Å². The van der Waals surface area contributed by atoms with Crippen LogP contribution in [0.4, 0.5) is 68.9 Å². The first-order valence-corrected chi connectivity index (χ1v) is 35.0. The summed E-state index contributed by atoms with van der Waals surface area (Å²) < 4.78 is 25.2. The lowest BCUT2D eigenvalue weighted by Gasteiger charge is -2.33. The highest BCUT2D eigenvalue weighted by molar-refractivity contribution is 6.14. The van der Waals surface area contributed by atoms with E-state index in [0.29, 0.717) is 6.04 Å². The number of hydrogen-bond acceptors (Lipinski definition) is 17. The van der Waals surface area contributed by atoms with E-state index in [0.717, 1.165) is 157 Å². The Bertz CT molecular complexity index is 5530. The number of hydrogen-bond donors (Lipinski definition) is 0. The van der Waals surface area contributed by atoms with Gasteiger partial charge < -0.3 is 52.0 Å². The van der Waals surface area contributed by atoms with Gasteiger partial charge in [-0.15, -0.1) is 0 Å². The molecule has 4 atom stereocenters. The fourth-order valence-electron chi connectivity index (χ4n) is 15.9. The molecule has 0 saturated heterocycles. The number of benzene rings is 8. The van der Waals surface area contributed by atoms with Crippen molar-refractivity contribution in [2.45, 2.75) is 99.9 Å². The minimum Gasteiger partial charge on any atom is -0.454 e. The van der Waals surface area contributed by atoms with Crippen LogP contribution in [0.15, 0.2) is 231 Å². The Morgan fingerprint density at radius 1 is 0.284 bits per heavy atom. The second-order valence-corrected chi connectivity index (χ2v) is 27.4. The van der Waals surface area contributed by atoms with E-state index in [-0.39, 0.29) is 24.7 Å². The number of para-hydroxylation sites is 4. The Morgan fingerprint density at radius 3 is 1.03 bits per heavy atom. The Labute approximate surface area is 591 Å². The van der Waals surface area contributed by atoms with Gasteiger partial charge in [0.1, 0.15) is 47.0 Å². The number of rotatable bonds is 5. The molecule has 102 heavy (non-hydrogen) atoms. The molecule has 17 nitrogen and oxygen atoms in total. The maximum Gasteiger partial charge on any atom is 0.178 e. The number of nitrogens with zero attached hydrogens (tertiary/aromatic N) is 13. The smallest absolute Gasteiger partial charge is 0.178 e. The van der Waals surface area contributed by atoms with Gasteiger partial charge in [0.25, 0.3) is 0 Å². The summed E-state index contributed by atoms with van der Waals surface area (Å²) in [5, 5.41) is 9.19. The van der Waals surface area contributed by atoms with Crippen LogP contribution in [0.2, 0.25) is 0 Å². The van der Waals surface area contributed by atoms with Crippen LogP contribution in [-0.4, -0.2) is 76.8 Å². The molecule has 4 aliphatic heterocycles. The molecule has 0 aliphatic carbocycles. The van der Waals surface area contributed by atoms with Crippen molar-refractivity contribution in [2.75, 3.05) is 60.3 Å². The van der Waals surface area contributed by atoms with E-state index in [1.807, 2.05) is 98.4 Å². The molecule has 0 saturated carbocycles. The molecule has 12 heterocycles. The topological polar surface area (TPSA) is 143 Å². The zero-order valence-corrected chi connectivity index (χ0v) is 59.5. The SMILES string of the molecule is Cc1ccc2c(oc3ccccc32)c1N1c2cccnc2N(C)C1C.Cc1ccc2c(oc3ccccc32)c1N1c2ncccc2N(C(C)C)C1C.Cc1ccc2c(oc3ccccc32)c1N1c2ncccc2N(C)C1C.Cc1ccc2c(oc3ccccc32)c1N1c2nccnc2N(C)C1C. The molecule has 0 amide bonds. The van der Waals surface area contributed by atoms with Crippen molar-refractivity contribution in [1.29, 1.82) is 0 Å². The van der Waals surface area contributed by atoms with Crippen LogP contribution < -0.4 is 39.2 Å². The molecule has 0 bridgehead atoms. The first kappa shape index (κ1) is 63.3. The van der Waals surface area contributed by atoms with Crippen LogP contribution >= 0.6 is 0 Å². The molecule has 508 valence electrons. The van der Waals surface area contributed by atoms with E-state index in [1.165, 1.54) is 22.4 Å². The van der Waals surface area contributed by atoms with Crippen LogP contribution in [0, 0.1) is 27.7 Å². The molecule has 17 heteroatoms. The number of fused-ring (bicyclic) bond motifs is 16. The second kappa shape index (κ2) is 24.7. The highest BCUT2D eigenvalue weighted by Gasteiger charge is 2.41. The van der Waals surface area contributed by atoms with Crippen molar-refractivity contribution in [1.82, 2.24) is 24.9 Å². The number of anilines is 12. The molecular weight excluding hydrogens is 1270 g/mol. The van der Waals surface area contributed by atoms with E-state index in [4.69, 9.17) is 22.7 Å². The quantitative estimate of drug-likeness (QED) is 0.161. The summed E-state index contributed by atoms with van der Waals surface area (Å²) in [5.74, 6) is 4.74. The molecule has 4 aliphatic rings. The summed E-state index contributed by atoms with van der Waals surface area (Å²) >= 11 is 0. The van der Waals surface area contributed by atoms with Crippen molar-refractivity contribution in [3.05, 3.63) is 235 Å². The minimum absolute atomic E-state index is 0.106. The van der Waals surface area contributed by atoms with E-state index in [1.54, 1.807) is 12.4 Å². The number of furan rings is 4. The summed E-state index contributed by atoms with van der Waals surface area (Å²) in [6, 6.07) is 63.0. The Morgan fingerprint density at radius 2 is 0.598 bits per heavy atom. The summed E-state index contributed by atoms with van der Waals surface area (Å²) in [7, 11) is 6.25. The van der Waals surface area contributed by atoms with Crippen molar-refractivity contribution in [3.63, 3.8) is 0 Å². The largest absolute Gasteiger partial charge is 0.454 e. The monoisotopic (exact) mass is 1350 g/mol. The third kappa shape index (κ3) is 9.82. The van der Waals surface area contributed by atoms with Gasteiger partial charge in [-0.25, -0.2) is 24.9 Å². The van der Waals surface area contributed by atoms with Crippen molar-refractivity contribution < 1.29 is 17.7 Å². The third-order valence-electron chi connectivity index (χ3n) is 21.2. The van der Waals surface area contributed by atoms with Gasteiger partial charge in [-0.2, -0.15) is 0 Å². The molecular formula is C85H79N13O4. The van der Waals surface area contributed by atoms with Gasteiger partial charge >= 0.3 is 0 Å². The first-order chi connectivity index (χ1) is 49.6. The second-order valence-electron chi connectivity index (χ2n) is 27.4. The van der Waals surface area contributed by atoms with Crippen LogP contribution in [-0.2, 0) is 0 Å². The third-order valence-corrected chi connectivity index (χ3v) is 21.2. The fraction of sp³-hybridized carbons (Fsp3) is 0.212. The molecule has 4 unspecified atom stereocenters. The maximum atomic E-state index is 6.35. The standard InChI is InChI=1S/C23H23N3O.2C21H19N3O.C20H18N4O/c1-14(2)25-16(4)26(23-19(25)9-7-13-24-23)21-15(3)11-12-18-17-8-5-6-10-20(17)27-22(18)21;1-13-10-11-16-15-7-4-5-9-18(15)25-20(16)19(13)24-14(2)23(3)21-17(24)8-6-12-22-21;1-13-10-11-16-15-7-4-5-9-18(15)25-20(16)19(13)24-14(2)23(3)17-8-6-12-22-21(17)24;1-12-8-9-15-14-6-4-5-7-16(14)25-18(15)17(12)24-13(2)23(3)19-20(24)22-11-10-21-19/h5-14,16H,1-4H3;2*4-12,14H,1-3H3;4-11,13H,1-3H3. The lowest BCUT2D eigenvalue weighted by molar-refractivity contribution is 0.602. The van der Waals surface area contributed by atoms with Gasteiger partial charge in [0, 0.05) is 101 Å². The lowest BCUT2D eigenvalue weighted by Crippen LogP contribution is -2.42. The number of aryl methyl sites for hydroxylation is 4. The molecule has 0 N–H and O–H groups in total. The van der Waals surface area contributed by atoms with Crippen molar-refractivity contribution >= 4 is 157 Å². The molecule has 16 aromatic rings. The zero-order chi connectivity index (χ0) is 70.1. The summed E-state index contributed by atoms with van der Waals surface area (Å²) in [4.78, 5) is 41.3. The lowest BCUT2D eigenvalue weighted by atomic mass is 10.1. The number of pyridine rings is 3. The molecule has 8 aromatic heterocycles. The van der Waals surface area contributed by atoms with Gasteiger partial charge in [0.2, 0.25) is 0 Å². The average molecular weight is 1350 g/mol. The van der Waals surface area contributed by atoms with Crippen LogP contribution in [0.3, 0.4) is 0 Å². The Hall–Kier alpha value is -12.1. The first-order valence-electron chi connectivity index (χ1n) is 35.0. The van der Waals surface area contributed by atoms with Crippen LogP contribution in [0.5, 0.6) is 0 Å². The van der Waals surface area contributed by atoms with E-state index in [2.05, 4.69) is 252 Å². The average Bonchev–Trinajstić information content (AvgIpc) is 1.60. The van der Waals surface area contributed by atoms with E-state index >= 15 is 0 Å². The molecule has 0 fully saturated rings. The Kier molecular flexibility index (Phi) is 15.3. The minimum atomic E-state index is 0.106. The van der Waals surface area contributed by atoms with Gasteiger partial charge in [0.15, 0.2) is 51.4 Å². The summed E-state index contributed by atoms with van der Waals surface area (Å²) in [5.41, 5.74) is 20.0. The van der Waals surface area contributed by atoms with E-state index in [9.17, 15) is 0 Å². The summed E-state index contributed by atoms with van der Waals surface area (Å²) in [6.07, 6.45) is 9.65. The highest BCUT2D eigenvalue weighted by atomic mass is 16.3. The Balaban J connectivity index is 0.000000101. The van der Waals surface area contributed by atoms with E-state index < -0.39 is 0 Å². The molecule has 0 radical (unpaired) electrons. The molecule has 20 rings (SSSR count). The van der Waals surface area contributed by atoms with Crippen LogP contribution in [0.1, 0.15) is 63.8 Å². The highest BCUT2D eigenvalue weighted by Crippen LogP contribution is 2.52. The normalized spacial score (nSPS) is 16.8. The molecule has 0 spiro atoms. The van der Waals surface area contributed by atoms with Gasteiger partial charge in [-0.05, 0) is 152 Å². The van der Waals surface area contributed by atoms with Crippen molar-refractivity contribution in [2.24, 2.45) is 0 Å². The van der Waals surface area contributed by atoms with Crippen LogP contribution in [0.25, 0.3) is 87.8 Å². The maximum absolute atomic E-state index is 6.35. The predicted octanol–water partition coefficient (Wildman–Crippen LogP) is 21.1. The fourth-order valence-corrected chi connectivity index (χ4v) is 15.9. The van der Waals surface area contributed by atoms with Gasteiger partial charge in [-0.1, -0.05) is 121 Å². The predicted molar refractivity (Wildman–Crippen MR) is 418 cm³/mol. The number of aromatic nitrogens is 5.